The maximum absolute atomic E-state index is 12.6. The van der Waals surface area contributed by atoms with Crippen molar-refractivity contribution in [3.63, 3.8) is 0 Å². The smallest absolute Gasteiger partial charge is 0.228 e. The lowest BCUT2D eigenvalue weighted by Crippen LogP contribution is -2.30. The van der Waals surface area contributed by atoms with Gasteiger partial charge in [-0.05, 0) is 51.5 Å². The summed E-state index contributed by atoms with van der Waals surface area (Å²) >= 11 is 0. The normalized spacial score (nSPS) is 16.3. The molecule has 3 aromatic rings. The molecule has 1 N–H and O–H groups in total. The van der Waals surface area contributed by atoms with Crippen LogP contribution >= 0.6 is 0 Å². The van der Waals surface area contributed by atoms with Gasteiger partial charge in [-0.3, -0.25) is 4.79 Å². The molecule has 6 nitrogen and oxygen atoms in total. The number of nitrogens with one attached hydrogen (secondary N) is 1. The van der Waals surface area contributed by atoms with Gasteiger partial charge in [-0.2, -0.15) is 0 Å². The number of aryl methyl sites for hydroxylation is 3. The third-order valence-electron chi connectivity index (χ3n) is 5.16. The number of rotatable bonds is 3. The van der Waals surface area contributed by atoms with Gasteiger partial charge in [0.05, 0.1) is 17.7 Å². The average molecular weight is 349 g/mol. The average Bonchev–Trinajstić information content (AvgIpc) is 3.17. The number of carbonyl (C=O) groups excluding carboxylic acids is 1. The minimum Gasteiger partial charge on any atom is -0.335 e. The third kappa shape index (κ3) is 3.03. The van der Waals surface area contributed by atoms with E-state index in [1.54, 1.807) is 0 Å². The molecule has 1 unspecified atom stereocenters. The monoisotopic (exact) mass is 349 g/mol. The molecule has 4 rings (SSSR count). The van der Waals surface area contributed by atoms with E-state index in [0.29, 0.717) is 6.42 Å². The summed E-state index contributed by atoms with van der Waals surface area (Å²) in [5, 5.41) is 3.05. The van der Waals surface area contributed by atoms with E-state index in [9.17, 15) is 4.79 Å². The number of imidazole rings is 2. The molecular weight excluding hydrogens is 326 g/mol. The lowest BCUT2D eigenvalue weighted by molar-refractivity contribution is -0.120. The van der Waals surface area contributed by atoms with Gasteiger partial charge >= 0.3 is 0 Å². The van der Waals surface area contributed by atoms with E-state index in [0.717, 1.165) is 47.2 Å². The van der Waals surface area contributed by atoms with E-state index < -0.39 is 0 Å². The van der Waals surface area contributed by atoms with Crippen LogP contribution in [-0.2, 0) is 17.8 Å². The van der Waals surface area contributed by atoms with Gasteiger partial charge in [0.2, 0.25) is 5.91 Å². The van der Waals surface area contributed by atoms with E-state index in [-0.39, 0.29) is 11.8 Å². The summed E-state index contributed by atoms with van der Waals surface area (Å²) in [6.07, 6.45) is 5.43. The molecule has 134 valence electrons. The number of amides is 1. The Hall–Kier alpha value is -2.89. The second-order valence-electron chi connectivity index (χ2n) is 7.00. The minimum atomic E-state index is -0.0254. The molecule has 1 aromatic carbocycles. The first-order valence-electron chi connectivity index (χ1n) is 8.96. The van der Waals surface area contributed by atoms with Crippen molar-refractivity contribution in [2.75, 3.05) is 5.32 Å². The molecule has 0 aliphatic carbocycles. The first-order valence-corrected chi connectivity index (χ1v) is 8.96. The molecule has 6 heteroatoms. The molecule has 0 bridgehead atoms. The maximum Gasteiger partial charge on any atom is 0.228 e. The largest absolute Gasteiger partial charge is 0.335 e. The standard InChI is InChI=1S/C20H23N5O/c1-13-11-24-9-8-16(10-19(24)22-13)20(26)23-17-4-6-18(7-5-17)25-12-21-14(2)15(25)3/h4-7,11-12,16H,8-10H2,1-3H3,(H,23,26). The van der Waals surface area contributed by atoms with Crippen molar-refractivity contribution in [3.05, 3.63) is 59.7 Å². The maximum atomic E-state index is 12.6. The highest BCUT2D eigenvalue weighted by atomic mass is 16.1. The lowest BCUT2D eigenvalue weighted by Gasteiger charge is -2.22. The van der Waals surface area contributed by atoms with Crippen molar-refractivity contribution in [2.24, 2.45) is 5.92 Å². The van der Waals surface area contributed by atoms with Gasteiger partial charge in [0.15, 0.2) is 0 Å². The molecule has 0 saturated carbocycles. The first-order chi connectivity index (χ1) is 12.5. The summed E-state index contributed by atoms with van der Waals surface area (Å²) in [4.78, 5) is 21.5. The number of hydrogen-bond acceptors (Lipinski definition) is 3. The van der Waals surface area contributed by atoms with E-state index in [4.69, 9.17) is 0 Å². The minimum absolute atomic E-state index is 0.0254. The number of fused-ring (bicyclic) bond motifs is 1. The van der Waals surface area contributed by atoms with Gasteiger partial charge in [0.1, 0.15) is 5.82 Å². The Morgan fingerprint density at radius 2 is 1.96 bits per heavy atom. The van der Waals surface area contributed by atoms with Crippen LogP contribution in [0.4, 0.5) is 5.69 Å². The number of anilines is 1. The number of carbonyl (C=O) groups is 1. The van der Waals surface area contributed by atoms with Crippen molar-refractivity contribution < 1.29 is 4.79 Å². The van der Waals surface area contributed by atoms with E-state index in [1.165, 1.54) is 0 Å². The zero-order chi connectivity index (χ0) is 18.3. The van der Waals surface area contributed by atoms with Crippen LogP contribution < -0.4 is 5.32 Å². The Labute approximate surface area is 152 Å². The lowest BCUT2D eigenvalue weighted by atomic mass is 9.97. The zero-order valence-electron chi connectivity index (χ0n) is 15.4. The fourth-order valence-corrected chi connectivity index (χ4v) is 3.50. The molecule has 1 aliphatic rings. The number of benzene rings is 1. The van der Waals surface area contributed by atoms with Crippen LogP contribution in [0.3, 0.4) is 0 Å². The first kappa shape index (κ1) is 16.6. The molecule has 0 saturated heterocycles. The highest BCUT2D eigenvalue weighted by molar-refractivity contribution is 5.92. The predicted octanol–water partition coefficient (Wildman–Crippen LogP) is 3.20. The van der Waals surface area contributed by atoms with Crippen molar-refractivity contribution in [3.8, 4) is 5.69 Å². The molecule has 3 heterocycles. The fourth-order valence-electron chi connectivity index (χ4n) is 3.50. The van der Waals surface area contributed by atoms with Crippen molar-refractivity contribution in [2.45, 2.75) is 40.2 Å². The predicted molar refractivity (Wildman–Crippen MR) is 100 cm³/mol. The molecule has 1 atom stereocenters. The Morgan fingerprint density at radius 1 is 1.19 bits per heavy atom. The summed E-state index contributed by atoms with van der Waals surface area (Å²) in [6.45, 7) is 6.89. The molecule has 2 aromatic heterocycles. The summed E-state index contributed by atoms with van der Waals surface area (Å²) in [7, 11) is 0. The highest BCUT2D eigenvalue weighted by Gasteiger charge is 2.26. The van der Waals surface area contributed by atoms with Crippen molar-refractivity contribution >= 4 is 11.6 Å². The molecule has 0 radical (unpaired) electrons. The van der Waals surface area contributed by atoms with Gasteiger partial charge in [0.25, 0.3) is 0 Å². The van der Waals surface area contributed by atoms with Gasteiger partial charge in [-0.25, -0.2) is 9.97 Å². The molecule has 0 fully saturated rings. The van der Waals surface area contributed by atoms with Crippen LogP contribution in [0, 0.1) is 26.7 Å². The Morgan fingerprint density at radius 3 is 2.65 bits per heavy atom. The quantitative estimate of drug-likeness (QED) is 0.790. The van der Waals surface area contributed by atoms with E-state index >= 15 is 0 Å². The number of hydrogen-bond donors (Lipinski definition) is 1. The van der Waals surface area contributed by atoms with Gasteiger partial charge in [0, 0.05) is 42.1 Å². The fraction of sp³-hybridized carbons (Fsp3) is 0.350. The number of aromatic nitrogens is 4. The highest BCUT2D eigenvalue weighted by Crippen LogP contribution is 2.23. The SMILES string of the molecule is Cc1cn2c(n1)CC(C(=O)Nc1ccc(-n3cnc(C)c3C)cc1)CC2. The van der Waals surface area contributed by atoms with E-state index in [2.05, 4.69) is 26.0 Å². The van der Waals surface area contributed by atoms with Gasteiger partial charge in [-0.15, -0.1) is 0 Å². The summed E-state index contributed by atoms with van der Waals surface area (Å²) in [5.41, 5.74) is 5.01. The summed E-state index contributed by atoms with van der Waals surface area (Å²) in [6, 6.07) is 7.88. The topological polar surface area (TPSA) is 64.7 Å². The summed E-state index contributed by atoms with van der Waals surface area (Å²) in [5.74, 6) is 1.05. The third-order valence-corrected chi connectivity index (χ3v) is 5.16. The van der Waals surface area contributed by atoms with Crippen LogP contribution in [-0.4, -0.2) is 25.0 Å². The number of nitrogens with zero attached hydrogens (tertiary/aromatic N) is 4. The Kier molecular flexibility index (Phi) is 4.11. The Bertz CT molecular complexity index is 951. The molecule has 1 amide bonds. The van der Waals surface area contributed by atoms with Gasteiger partial charge < -0.3 is 14.5 Å². The zero-order valence-corrected chi connectivity index (χ0v) is 15.4. The molecular formula is C20H23N5O. The van der Waals surface area contributed by atoms with Crippen LogP contribution in [0.25, 0.3) is 5.69 Å². The Balaban J connectivity index is 1.44. The summed E-state index contributed by atoms with van der Waals surface area (Å²) < 4.78 is 4.20. The van der Waals surface area contributed by atoms with Crippen LogP contribution in [0.1, 0.15) is 29.3 Å². The second-order valence-corrected chi connectivity index (χ2v) is 7.00. The van der Waals surface area contributed by atoms with Gasteiger partial charge in [-0.1, -0.05) is 0 Å². The second kappa shape index (κ2) is 6.44. The molecule has 26 heavy (non-hydrogen) atoms. The molecule has 1 aliphatic heterocycles. The van der Waals surface area contributed by atoms with E-state index in [1.807, 2.05) is 55.9 Å². The van der Waals surface area contributed by atoms with Crippen LogP contribution in [0.2, 0.25) is 0 Å². The van der Waals surface area contributed by atoms with Crippen molar-refractivity contribution in [1.82, 2.24) is 19.1 Å². The van der Waals surface area contributed by atoms with Crippen LogP contribution in [0.5, 0.6) is 0 Å². The van der Waals surface area contributed by atoms with Crippen molar-refractivity contribution in [1.29, 1.82) is 0 Å². The van der Waals surface area contributed by atoms with Crippen LogP contribution in [0.15, 0.2) is 36.8 Å². The molecule has 0 spiro atoms.